The van der Waals surface area contributed by atoms with Crippen molar-refractivity contribution in [1.82, 2.24) is 9.80 Å². The SMILES string of the molecule is CSc1ccc(CN2CCN(Cc3ccccc3[N+](=O)[O-])CC2)cc1.O=C(O)C(=O)O. The van der Waals surface area contributed by atoms with Gasteiger partial charge in [0.05, 0.1) is 4.92 Å². The van der Waals surface area contributed by atoms with Gasteiger partial charge in [-0.2, -0.15) is 0 Å². The highest BCUT2D eigenvalue weighted by Crippen LogP contribution is 2.21. The summed E-state index contributed by atoms with van der Waals surface area (Å²) in [5, 5.41) is 25.9. The number of para-hydroxylation sites is 1. The summed E-state index contributed by atoms with van der Waals surface area (Å²) in [6, 6.07) is 15.8. The van der Waals surface area contributed by atoms with E-state index in [-0.39, 0.29) is 10.6 Å². The van der Waals surface area contributed by atoms with E-state index in [1.165, 1.54) is 10.5 Å². The van der Waals surface area contributed by atoms with Crippen molar-refractivity contribution < 1.29 is 24.7 Å². The number of carboxylic acid groups (broad SMARTS) is 2. The summed E-state index contributed by atoms with van der Waals surface area (Å²) < 4.78 is 0. The predicted molar refractivity (Wildman–Crippen MR) is 117 cm³/mol. The van der Waals surface area contributed by atoms with Gasteiger partial charge in [0.2, 0.25) is 0 Å². The molecule has 0 atom stereocenters. The van der Waals surface area contributed by atoms with Gasteiger partial charge in [-0.25, -0.2) is 9.59 Å². The number of thioether (sulfide) groups is 1. The van der Waals surface area contributed by atoms with Gasteiger partial charge in [0.1, 0.15) is 0 Å². The molecule has 31 heavy (non-hydrogen) atoms. The maximum atomic E-state index is 11.1. The molecule has 0 radical (unpaired) electrons. The third-order valence-corrected chi connectivity index (χ3v) is 5.54. The minimum Gasteiger partial charge on any atom is -0.473 e. The molecule has 1 heterocycles. The highest BCUT2D eigenvalue weighted by atomic mass is 32.2. The summed E-state index contributed by atoms with van der Waals surface area (Å²) in [6.45, 7) is 5.47. The molecule has 0 bridgehead atoms. The van der Waals surface area contributed by atoms with E-state index >= 15 is 0 Å². The highest BCUT2D eigenvalue weighted by Gasteiger charge is 2.20. The van der Waals surface area contributed by atoms with Gasteiger partial charge < -0.3 is 10.2 Å². The van der Waals surface area contributed by atoms with Crippen LogP contribution in [0.4, 0.5) is 5.69 Å². The summed E-state index contributed by atoms with van der Waals surface area (Å²) in [5.41, 5.74) is 2.36. The molecule has 2 aromatic rings. The fraction of sp³-hybridized carbons (Fsp3) is 0.333. The van der Waals surface area contributed by atoms with Crippen molar-refractivity contribution in [3.05, 3.63) is 69.8 Å². The number of aliphatic carboxylic acids is 2. The smallest absolute Gasteiger partial charge is 0.414 e. The first-order valence-corrected chi connectivity index (χ1v) is 10.8. The Balaban J connectivity index is 0.000000501. The lowest BCUT2D eigenvalue weighted by molar-refractivity contribution is -0.385. The molecule has 1 aliphatic rings. The van der Waals surface area contributed by atoms with Gasteiger partial charge in [-0.1, -0.05) is 30.3 Å². The van der Waals surface area contributed by atoms with Crippen molar-refractivity contribution in [2.75, 3.05) is 32.4 Å². The number of benzene rings is 2. The van der Waals surface area contributed by atoms with E-state index in [1.807, 2.05) is 12.1 Å². The largest absolute Gasteiger partial charge is 0.473 e. The van der Waals surface area contributed by atoms with Crippen molar-refractivity contribution in [2.24, 2.45) is 0 Å². The van der Waals surface area contributed by atoms with Gasteiger partial charge in [-0.3, -0.25) is 19.9 Å². The highest BCUT2D eigenvalue weighted by molar-refractivity contribution is 7.98. The molecule has 10 heteroatoms. The van der Waals surface area contributed by atoms with Crippen molar-refractivity contribution in [2.45, 2.75) is 18.0 Å². The number of nitro benzene ring substituents is 1. The third kappa shape index (κ3) is 8.00. The molecule has 0 spiro atoms. The van der Waals surface area contributed by atoms with E-state index in [0.29, 0.717) is 6.54 Å². The van der Waals surface area contributed by atoms with Crippen LogP contribution in [-0.2, 0) is 22.7 Å². The number of hydrogen-bond acceptors (Lipinski definition) is 7. The quantitative estimate of drug-likeness (QED) is 0.298. The maximum Gasteiger partial charge on any atom is 0.414 e. The molecule has 2 N–H and O–H groups in total. The normalized spacial score (nSPS) is 14.4. The topological polar surface area (TPSA) is 124 Å². The summed E-state index contributed by atoms with van der Waals surface area (Å²) >= 11 is 1.76. The van der Waals surface area contributed by atoms with Crippen molar-refractivity contribution >= 4 is 29.4 Å². The Morgan fingerprint density at radius 3 is 1.94 bits per heavy atom. The van der Waals surface area contributed by atoms with Crippen LogP contribution < -0.4 is 0 Å². The van der Waals surface area contributed by atoms with E-state index in [2.05, 4.69) is 40.3 Å². The van der Waals surface area contributed by atoms with Crippen LogP contribution in [0.25, 0.3) is 0 Å². The van der Waals surface area contributed by atoms with Crippen LogP contribution in [0.3, 0.4) is 0 Å². The van der Waals surface area contributed by atoms with Crippen LogP contribution in [0.1, 0.15) is 11.1 Å². The van der Waals surface area contributed by atoms with E-state index in [1.54, 1.807) is 23.9 Å². The number of rotatable bonds is 6. The second-order valence-corrected chi connectivity index (χ2v) is 7.78. The molecule has 0 aliphatic carbocycles. The van der Waals surface area contributed by atoms with Gasteiger partial charge in [0, 0.05) is 55.8 Å². The molecule has 3 rings (SSSR count). The van der Waals surface area contributed by atoms with Crippen molar-refractivity contribution in [3.8, 4) is 0 Å². The molecule has 1 aliphatic heterocycles. The van der Waals surface area contributed by atoms with E-state index < -0.39 is 11.9 Å². The Bertz CT molecular complexity index is 886. The Morgan fingerprint density at radius 1 is 0.935 bits per heavy atom. The van der Waals surface area contributed by atoms with E-state index in [4.69, 9.17) is 19.8 Å². The zero-order valence-electron chi connectivity index (χ0n) is 17.1. The zero-order chi connectivity index (χ0) is 22.8. The molecule has 2 aromatic carbocycles. The van der Waals surface area contributed by atoms with Crippen LogP contribution in [0.15, 0.2) is 53.4 Å². The monoisotopic (exact) mass is 447 g/mol. The first-order chi connectivity index (χ1) is 14.8. The second kappa shape index (κ2) is 12.0. The maximum absolute atomic E-state index is 11.1. The summed E-state index contributed by atoms with van der Waals surface area (Å²) in [6.07, 6.45) is 2.09. The lowest BCUT2D eigenvalue weighted by Gasteiger charge is -2.34. The number of carboxylic acids is 2. The van der Waals surface area contributed by atoms with Crippen LogP contribution in [0.5, 0.6) is 0 Å². The fourth-order valence-electron chi connectivity index (χ4n) is 3.16. The molecule has 0 unspecified atom stereocenters. The molecule has 1 fully saturated rings. The van der Waals surface area contributed by atoms with Gasteiger partial charge in [-0.15, -0.1) is 11.8 Å². The van der Waals surface area contributed by atoms with Crippen LogP contribution in [0, 0.1) is 10.1 Å². The molecular weight excluding hydrogens is 422 g/mol. The minimum absolute atomic E-state index is 0.221. The third-order valence-electron chi connectivity index (χ3n) is 4.80. The van der Waals surface area contributed by atoms with Crippen LogP contribution in [0.2, 0.25) is 0 Å². The lowest BCUT2D eigenvalue weighted by Crippen LogP contribution is -2.45. The van der Waals surface area contributed by atoms with Crippen LogP contribution in [-0.4, -0.2) is 69.3 Å². The average Bonchev–Trinajstić information content (AvgIpc) is 2.76. The lowest BCUT2D eigenvalue weighted by atomic mass is 10.1. The Kier molecular flexibility index (Phi) is 9.44. The number of carbonyl (C=O) groups is 2. The Labute approximate surface area is 184 Å². The average molecular weight is 448 g/mol. The molecule has 0 saturated carbocycles. The summed E-state index contributed by atoms with van der Waals surface area (Å²) in [7, 11) is 0. The van der Waals surface area contributed by atoms with Crippen molar-refractivity contribution in [1.29, 1.82) is 0 Å². The summed E-state index contributed by atoms with van der Waals surface area (Å²) in [5.74, 6) is -3.65. The molecular formula is C21H25N3O6S. The fourth-order valence-corrected chi connectivity index (χ4v) is 3.57. The van der Waals surface area contributed by atoms with E-state index in [0.717, 1.165) is 38.3 Å². The van der Waals surface area contributed by atoms with Crippen molar-refractivity contribution in [3.63, 3.8) is 0 Å². The number of nitro groups is 1. The van der Waals surface area contributed by atoms with E-state index in [9.17, 15) is 10.1 Å². The Morgan fingerprint density at radius 2 is 1.45 bits per heavy atom. The van der Waals surface area contributed by atoms with Crippen LogP contribution >= 0.6 is 11.8 Å². The standard InChI is InChI=1S/C19H23N3O2S.C2H2O4/c1-25-18-8-6-16(7-9-18)14-20-10-12-21(13-11-20)15-17-4-2-3-5-19(17)22(23)24;3-1(4)2(5)6/h2-9H,10-15H2,1H3;(H,3,4)(H,5,6). The first-order valence-electron chi connectivity index (χ1n) is 9.56. The predicted octanol–water partition coefficient (Wildman–Crippen LogP) is 2.79. The number of hydrogen-bond donors (Lipinski definition) is 2. The van der Waals surface area contributed by atoms with Gasteiger partial charge in [0.25, 0.3) is 5.69 Å². The molecule has 166 valence electrons. The van der Waals surface area contributed by atoms with Gasteiger partial charge in [0.15, 0.2) is 0 Å². The summed E-state index contributed by atoms with van der Waals surface area (Å²) in [4.78, 5) is 35.1. The first kappa shape index (κ1) is 24.3. The molecule has 1 saturated heterocycles. The van der Waals surface area contributed by atoms with Gasteiger partial charge in [-0.05, 0) is 24.0 Å². The molecule has 0 aromatic heterocycles. The number of nitrogens with zero attached hydrogens (tertiary/aromatic N) is 3. The molecule has 0 amide bonds. The minimum atomic E-state index is -1.82. The Hall–Kier alpha value is -2.95. The van der Waals surface area contributed by atoms with Gasteiger partial charge >= 0.3 is 11.9 Å². The molecule has 9 nitrogen and oxygen atoms in total. The number of piperazine rings is 1. The second-order valence-electron chi connectivity index (χ2n) is 6.90. The zero-order valence-corrected chi connectivity index (χ0v) is 18.0.